The number of aromatic nitrogens is 1. The molecule has 206 valence electrons. The Morgan fingerprint density at radius 2 is 1.87 bits per heavy atom. The Morgan fingerprint density at radius 3 is 2.49 bits per heavy atom. The first-order valence-electron chi connectivity index (χ1n) is 11.8. The van der Waals surface area contributed by atoms with Crippen LogP contribution in [0.1, 0.15) is 39.1 Å². The maximum atomic E-state index is 14.0. The molecule has 2 heterocycles. The van der Waals surface area contributed by atoms with Crippen LogP contribution < -0.4 is 10.5 Å². The van der Waals surface area contributed by atoms with Gasteiger partial charge in [0.25, 0.3) is 5.91 Å². The van der Waals surface area contributed by atoms with Crippen LogP contribution >= 0.6 is 23.2 Å². The van der Waals surface area contributed by atoms with Gasteiger partial charge in [-0.3, -0.25) is 14.6 Å². The molecule has 3 atom stereocenters. The number of nitrogens with two attached hydrogens (primary N) is 1. The number of primary amides is 1. The van der Waals surface area contributed by atoms with Gasteiger partial charge in [0.2, 0.25) is 15.9 Å². The molecule has 1 aromatic heterocycles. The summed E-state index contributed by atoms with van der Waals surface area (Å²) in [4.78, 5) is 32.6. The lowest BCUT2D eigenvalue weighted by Crippen LogP contribution is -2.55. The maximum absolute atomic E-state index is 14.0. The average molecular weight is 593 g/mol. The summed E-state index contributed by atoms with van der Waals surface area (Å²) < 4.78 is 26.0. The minimum Gasteiger partial charge on any atom is -0.394 e. The van der Waals surface area contributed by atoms with Crippen LogP contribution in [-0.4, -0.2) is 65.8 Å². The predicted molar refractivity (Wildman–Crippen MR) is 147 cm³/mol. The molecule has 0 spiro atoms. The van der Waals surface area contributed by atoms with Crippen LogP contribution in [0.4, 0.5) is 0 Å². The van der Waals surface area contributed by atoms with Crippen LogP contribution in [0.2, 0.25) is 10.0 Å². The van der Waals surface area contributed by atoms with Crippen molar-refractivity contribution in [1.82, 2.24) is 14.6 Å². The number of pyridine rings is 1. The SMILES string of the molecule is CS(=O)(=O)NC[C@@H](CO)N1C(=O)c2ccc(-c3cccnc3CO)cc2C(C(N)=O)C1c1ccc(Cl)cc1Cl. The Labute approximate surface area is 235 Å². The van der Waals surface area contributed by atoms with Crippen molar-refractivity contribution in [2.75, 3.05) is 19.4 Å². The highest BCUT2D eigenvalue weighted by atomic mass is 35.5. The van der Waals surface area contributed by atoms with Gasteiger partial charge in [-0.05, 0) is 47.0 Å². The van der Waals surface area contributed by atoms with Crippen molar-refractivity contribution in [2.24, 2.45) is 5.73 Å². The molecule has 0 fully saturated rings. The zero-order chi connectivity index (χ0) is 28.5. The zero-order valence-corrected chi connectivity index (χ0v) is 23.0. The molecule has 4 rings (SSSR count). The summed E-state index contributed by atoms with van der Waals surface area (Å²) in [6.45, 7) is -1.27. The van der Waals surface area contributed by atoms with Gasteiger partial charge in [-0.25, -0.2) is 13.1 Å². The smallest absolute Gasteiger partial charge is 0.255 e. The fourth-order valence-electron chi connectivity index (χ4n) is 4.88. The molecular formula is C26H26Cl2N4O6S. The summed E-state index contributed by atoms with van der Waals surface area (Å²) in [5.74, 6) is -2.48. The first-order valence-corrected chi connectivity index (χ1v) is 14.4. The third-order valence-corrected chi connectivity index (χ3v) is 7.84. The van der Waals surface area contributed by atoms with Gasteiger partial charge in [0.1, 0.15) is 0 Å². The molecule has 3 aromatic rings. The topological polar surface area (TPSA) is 163 Å². The number of aliphatic hydroxyl groups is 2. The Kier molecular flexibility index (Phi) is 8.60. The number of aliphatic hydroxyl groups excluding tert-OH is 2. The fourth-order valence-corrected chi connectivity index (χ4v) is 5.89. The number of halogens is 2. The van der Waals surface area contributed by atoms with E-state index in [0.717, 1.165) is 6.26 Å². The predicted octanol–water partition coefficient (Wildman–Crippen LogP) is 2.22. The van der Waals surface area contributed by atoms with Crippen LogP contribution in [0, 0.1) is 0 Å². The van der Waals surface area contributed by atoms with E-state index in [0.29, 0.717) is 33.0 Å². The van der Waals surface area contributed by atoms with E-state index in [-0.39, 0.29) is 23.7 Å². The minimum absolute atomic E-state index is 0.149. The first-order chi connectivity index (χ1) is 18.5. The number of nitrogens with zero attached hydrogens (tertiary/aromatic N) is 2. The van der Waals surface area contributed by atoms with Crippen molar-refractivity contribution in [3.05, 3.63) is 87.2 Å². The van der Waals surface area contributed by atoms with Crippen LogP contribution in [-0.2, 0) is 21.4 Å². The van der Waals surface area contributed by atoms with Crippen molar-refractivity contribution >= 4 is 45.0 Å². The Morgan fingerprint density at radius 1 is 1.13 bits per heavy atom. The van der Waals surface area contributed by atoms with Gasteiger partial charge in [0.15, 0.2) is 0 Å². The van der Waals surface area contributed by atoms with Crippen molar-refractivity contribution in [3.63, 3.8) is 0 Å². The lowest BCUT2D eigenvalue weighted by atomic mass is 9.77. The summed E-state index contributed by atoms with van der Waals surface area (Å²) >= 11 is 12.7. The lowest BCUT2D eigenvalue weighted by molar-refractivity contribution is -0.121. The summed E-state index contributed by atoms with van der Waals surface area (Å²) in [5.41, 5.74) is 8.36. The van der Waals surface area contributed by atoms with Crippen molar-refractivity contribution in [3.8, 4) is 11.1 Å². The van der Waals surface area contributed by atoms with E-state index in [9.17, 15) is 28.2 Å². The second-order valence-electron chi connectivity index (χ2n) is 9.12. The van der Waals surface area contributed by atoms with Crippen molar-refractivity contribution in [1.29, 1.82) is 0 Å². The number of amides is 2. The second-order valence-corrected chi connectivity index (χ2v) is 11.8. The van der Waals surface area contributed by atoms with E-state index in [2.05, 4.69) is 9.71 Å². The molecule has 0 bridgehead atoms. The fraction of sp³-hybridized carbons (Fsp3) is 0.269. The third kappa shape index (κ3) is 5.93. The number of rotatable bonds is 9. The highest BCUT2D eigenvalue weighted by Crippen LogP contribution is 2.47. The molecule has 0 saturated carbocycles. The molecule has 10 nitrogen and oxygen atoms in total. The van der Waals surface area contributed by atoms with E-state index >= 15 is 0 Å². The molecule has 2 unspecified atom stereocenters. The number of carbonyl (C=O) groups excluding carboxylic acids is 2. The van der Waals surface area contributed by atoms with Crippen molar-refractivity contribution in [2.45, 2.75) is 24.6 Å². The molecule has 1 aliphatic heterocycles. The number of hydrogen-bond donors (Lipinski definition) is 4. The van der Waals surface area contributed by atoms with E-state index in [1.807, 2.05) is 0 Å². The highest BCUT2D eigenvalue weighted by Gasteiger charge is 2.47. The van der Waals surface area contributed by atoms with Crippen LogP contribution in [0.15, 0.2) is 54.7 Å². The van der Waals surface area contributed by atoms with Gasteiger partial charge in [0, 0.05) is 33.9 Å². The lowest BCUT2D eigenvalue weighted by Gasteiger charge is -2.45. The van der Waals surface area contributed by atoms with Gasteiger partial charge in [0.05, 0.1) is 43.2 Å². The third-order valence-electron chi connectivity index (χ3n) is 6.59. The largest absolute Gasteiger partial charge is 0.394 e. The number of nitrogens with one attached hydrogen (secondary N) is 1. The second kappa shape index (κ2) is 11.6. The molecule has 0 radical (unpaired) electrons. The molecule has 0 aliphatic carbocycles. The minimum atomic E-state index is -3.68. The monoisotopic (exact) mass is 592 g/mol. The zero-order valence-electron chi connectivity index (χ0n) is 20.7. The summed E-state index contributed by atoms with van der Waals surface area (Å²) in [6.07, 6.45) is 2.49. The molecular weight excluding hydrogens is 567 g/mol. The number of sulfonamides is 1. The normalized spacial score (nSPS) is 18.1. The van der Waals surface area contributed by atoms with Gasteiger partial charge >= 0.3 is 0 Å². The van der Waals surface area contributed by atoms with E-state index in [1.165, 1.54) is 17.0 Å². The summed E-state index contributed by atoms with van der Waals surface area (Å²) in [6, 6.07) is 10.7. The highest BCUT2D eigenvalue weighted by molar-refractivity contribution is 7.88. The molecule has 13 heteroatoms. The Balaban J connectivity index is 1.96. The van der Waals surface area contributed by atoms with Gasteiger partial charge in [-0.1, -0.05) is 41.4 Å². The first kappa shape index (κ1) is 28.9. The van der Waals surface area contributed by atoms with E-state index in [1.54, 1.807) is 42.6 Å². The van der Waals surface area contributed by atoms with E-state index < -0.39 is 46.4 Å². The van der Waals surface area contributed by atoms with Crippen LogP contribution in [0.5, 0.6) is 0 Å². The molecule has 2 amide bonds. The number of benzene rings is 2. The molecule has 0 saturated heterocycles. The van der Waals surface area contributed by atoms with Gasteiger partial charge in [-0.2, -0.15) is 0 Å². The van der Waals surface area contributed by atoms with Gasteiger partial charge in [-0.15, -0.1) is 0 Å². The van der Waals surface area contributed by atoms with Crippen molar-refractivity contribution < 1.29 is 28.2 Å². The van der Waals surface area contributed by atoms with Crippen LogP contribution in [0.25, 0.3) is 11.1 Å². The number of hydrogen-bond acceptors (Lipinski definition) is 7. The molecule has 5 N–H and O–H groups in total. The Hall–Kier alpha value is -3.06. The quantitative estimate of drug-likeness (QED) is 0.296. The number of fused-ring (bicyclic) bond motifs is 1. The standard InChI is InChI=1S/C26H26Cl2N4O6S/c1-39(37,38)31-11-16(12-33)32-24(19-7-5-15(27)10-21(19)28)23(25(29)35)20-9-14(4-6-18(20)26(32)36)17-3-2-8-30-22(17)13-34/h2-10,16,23-24,31,33-34H,11-13H2,1H3,(H2,29,35)/t16-,23?,24?/m0/s1. The number of carbonyl (C=O) groups is 2. The molecule has 2 aromatic carbocycles. The maximum Gasteiger partial charge on any atom is 0.255 e. The summed E-state index contributed by atoms with van der Waals surface area (Å²) in [7, 11) is -3.68. The molecule has 39 heavy (non-hydrogen) atoms. The average Bonchev–Trinajstić information content (AvgIpc) is 2.88. The molecule has 1 aliphatic rings. The van der Waals surface area contributed by atoms with E-state index in [4.69, 9.17) is 28.9 Å². The van der Waals surface area contributed by atoms with Gasteiger partial charge < -0.3 is 20.8 Å². The summed E-state index contributed by atoms with van der Waals surface area (Å²) in [5, 5.41) is 20.5. The van der Waals surface area contributed by atoms with Crippen LogP contribution in [0.3, 0.4) is 0 Å². The Bertz CT molecular complexity index is 1530.